The molecule has 0 bridgehead atoms. The van der Waals surface area contributed by atoms with Gasteiger partial charge in [0.05, 0.1) is 49.5 Å². The van der Waals surface area contributed by atoms with E-state index in [0.717, 1.165) is 0 Å². The standard InChI is InChI=1S/C31H30N6O6S/c1-41-22-15-21(16-23(18-22)42-2)34-30-31(36-26-12-5-4-11-25(26)35-30)37-44(39,40)24-10-8-9-20(17-24)33-29(38)19-32-27-13-6-7-14-28(27)43-3/h4-18,32H,19H2,1-3H3,(H,33,38)(H,34,35)(H,36,37). The van der Waals surface area contributed by atoms with Crippen LogP contribution in [0.1, 0.15) is 0 Å². The van der Waals surface area contributed by atoms with E-state index in [0.29, 0.717) is 45.3 Å². The molecular weight excluding hydrogens is 584 g/mol. The number of anilines is 5. The number of fused-ring (bicyclic) bond motifs is 1. The minimum atomic E-state index is -4.17. The summed E-state index contributed by atoms with van der Waals surface area (Å²) in [5.41, 5.74) is 2.53. The Morgan fingerprint density at radius 3 is 2.07 bits per heavy atom. The number of rotatable bonds is 12. The lowest BCUT2D eigenvalue weighted by Crippen LogP contribution is -2.22. The van der Waals surface area contributed by atoms with E-state index in [1.807, 2.05) is 18.2 Å². The Labute approximate surface area is 254 Å². The van der Waals surface area contributed by atoms with Crippen molar-refractivity contribution in [3.05, 3.63) is 91.0 Å². The predicted molar refractivity (Wildman–Crippen MR) is 170 cm³/mol. The van der Waals surface area contributed by atoms with Gasteiger partial charge in [-0.15, -0.1) is 0 Å². The summed E-state index contributed by atoms with van der Waals surface area (Å²) >= 11 is 0. The lowest BCUT2D eigenvalue weighted by atomic mass is 10.2. The number of sulfonamides is 1. The highest BCUT2D eigenvalue weighted by molar-refractivity contribution is 7.92. The minimum Gasteiger partial charge on any atom is -0.497 e. The molecule has 0 atom stereocenters. The Morgan fingerprint density at radius 1 is 0.727 bits per heavy atom. The average molecular weight is 615 g/mol. The summed E-state index contributed by atoms with van der Waals surface area (Å²) in [5, 5.41) is 8.86. The zero-order chi connectivity index (χ0) is 31.1. The zero-order valence-corrected chi connectivity index (χ0v) is 24.9. The third-order valence-corrected chi connectivity index (χ3v) is 7.73. The molecule has 4 aromatic carbocycles. The number of benzene rings is 4. The van der Waals surface area contributed by atoms with Crippen LogP contribution in [0, 0.1) is 0 Å². The highest BCUT2D eigenvalue weighted by atomic mass is 32.2. The van der Waals surface area contributed by atoms with Crippen LogP contribution in [0.15, 0.2) is 95.9 Å². The summed E-state index contributed by atoms with van der Waals surface area (Å²) < 4.78 is 45.7. The summed E-state index contributed by atoms with van der Waals surface area (Å²) in [6, 6.07) is 25.3. The number of amides is 1. The Bertz CT molecular complexity index is 1900. The van der Waals surface area contributed by atoms with E-state index in [1.54, 1.807) is 61.7 Å². The molecule has 5 rings (SSSR count). The molecule has 44 heavy (non-hydrogen) atoms. The van der Waals surface area contributed by atoms with Crippen LogP contribution in [0.5, 0.6) is 17.2 Å². The maximum atomic E-state index is 13.6. The monoisotopic (exact) mass is 614 g/mol. The van der Waals surface area contributed by atoms with Crippen LogP contribution in [-0.2, 0) is 14.8 Å². The average Bonchev–Trinajstić information content (AvgIpc) is 3.04. The van der Waals surface area contributed by atoms with Gasteiger partial charge in [0.25, 0.3) is 10.0 Å². The van der Waals surface area contributed by atoms with Gasteiger partial charge in [-0.25, -0.2) is 18.4 Å². The lowest BCUT2D eigenvalue weighted by Gasteiger charge is -2.15. The second-order valence-electron chi connectivity index (χ2n) is 9.37. The van der Waals surface area contributed by atoms with Crippen molar-refractivity contribution in [3.63, 3.8) is 0 Å². The highest BCUT2D eigenvalue weighted by Crippen LogP contribution is 2.32. The van der Waals surface area contributed by atoms with E-state index in [-0.39, 0.29) is 29.0 Å². The molecule has 1 aromatic heterocycles. The third kappa shape index (κ3) is 7.07. The van der Waals surface area contributed by atoms with Crippen molar-refractivity contribution in [2.45, 2.75) is 4.90 Å². The van der Waals surface area contributed by atoms with Gasteiger partial charge in [-0.05, 0) is 42.5 Å². The summed E-state index contributed by atoms with van der Waals surface area (Å²) in [4.78, 5) is 21.7. The maximum Gasteiger partial charge on any atom is 0.263 e. The van der Waals surface area contributed by atoms with Crippen LogP contribution < -0.4 is 34.9 Å². The Balaban J connectivity index is 1.38. The van der Waals surface area contributed by atoms with Crippen LogP contribution in [0.2, 0.25) is 0 Å². The molecule has 0 aliphatic rings. The van der Waals surface area contributed by atoms with Crippen molar-refractivity contribution in [1.82, 2.24) is 9.97 Å². The third-order valence-electron chi connectivity index (χ3n) is 6.39. The number of hydrogen-bond acceptors (Lipinski definition) is 10. The van der Waals surface area contributed by atoms with Crippen LogP contribution in [-0.4, -0.2) is 52.2 Å². The van der Waals surface area contributed by atoms with Crippen molar-refractivity contribution in [3.8, 4) is 17.2 Å². The molecule has 12 nitrogen and oxygen atoms in total. The van der Waals surface area contributed by atoms with Gasteiger partial charge in [-0.1, -0.05) is 30.3 Å². The molecule has 4 N–H and O–H groups in total. The van der Waals surface area contributed by atoms with Crippen LogP contribution in [0.4, 0.5) is 28.7 Å². The smallest absolute Gasteiger partial charge is 0.263 e. The highest BCUT2D eigenvalue weighted by Gasteiger charge is 2.20. The Kier molecular flexibility index (Phi) is 8.95. The topological polar surface area (TPSA) is 153 Å². The molecule has 0 aliphatic carbocycles. The summed E-state index contributed by atoms with van der Waals surface area (Å²) in [7, 11) is 0.429. The molecule has 0 spiro atoms. The van der Waals surface area contributed by atoms with Gasteiger partial charge in [0.15, 0.2) is 11.6 Å². The van der Waals surface area contributed by atoms with Gasteiger partial charge in [0, 0.05) is 29.6 Å². The number of ether oxygens (including phenoxy) is 3. The molecule has 1 amide bonds. The van der Waals surface area contributed by atoms with Crippen molar-refractivity contribution < 1.29 is 27.4 Å². The number of carbonyl (C=O) groups excluding carboxylic acids is 1. The molecular formula is C31H30N6O6S. The van der Waals surface area contributed by atoms with E-state index in [4.69, 9.17) is 14.2 Å². The first kappa shape index (κ1) is 29.9. The van der Waals surface area contributed by atoms with Gasteiger partial charge >= 0.3 is 0 Å². The van der Waals surface area contributed by atoms with Gasteiger partial charge in [0.2, 0.25) is 5.91 Å². The molecule has 5 aromatic rings. The second-order valence-corrected chi connectivity index (χ2v) is 11.1. The fourth-order valence-electron chi connectivity index (χ4n) is 4.27. The number of nitrogens with zero attached hydrogens (tertiary/aromatic N) is 2. The minimum absolute atomic E-state index is 0.0269. The molecule has 0 saturated carbocycles. The fourth-order valence-corrected chi connectivity index (χ4v) is 5.33. The van der Waals surface area contributed by atoms with Crippen LogP contribution >= 0.6 is 0 Å². The van der Waals surface area contributed by atoms with Gasteiger partial charge < -0.3 is 30.2 Å². The first-order valence-corrected chi connectivity index (χ1v) is 14.8. The second kappa shape index (κ2) is 13.2. The Hall–Kier alpha value is -5.56. The number of hydrogen-bond donors (Lipinski definition) is 4. The molecule has 1 heterocycles. The molecule has 226 valence electrons. The number of para-hydroxylation sites is 4. The maximum absolute atomic E-state index is 13.6. The molecule has 0 radical (unpaired) electrons. The van der Waals surface area contributed by atoms with E-state index in [9.17, 15) is 13.2 Å². The fraction of sp³-hybridized carbons (Fsp3) is 0.129. The number of nitrogens with one attached hydrogen (secondary N) is 4. The first-order valence-electron chi connectivity index (χ1n) is 13.3. The van der Waals surface area contributed by atoms with E-state index < -0.39 is 10.0 Å². The van der Waals surface area contributed by atoms with Crippen LogP contribution in [0.3, 0.4) is 0 Å². The summed E-state index contributed by atoms with van der Waals surface area (Å²) in [6.45, 7) is -0.0631. The van der Waals surface area contributed by atoms with E-state index >= 15 is 0 Å². The first-order chi connectivity index (χ1) is 21.3. The molecule has 13 heteroatoms. The molecule has 0 fully saturated rings. The molecule has 0 aliphatic heterocycles. The van der Waals surface area contributed by atoms with Gasteiger partial charge in [-0.3, -0.25) is 9.52 Å². The summed E-state index contributed by atoms with van der Waals surface area (Å²) in [6.07, 6.45) is 0. The van der Waals surface area contributed by atoms with E-state index in [2.05, 4.69) is 30.6 Å². The van der Waals surface area contributed by atoms with Gasteiger partial charge in [0.1, 0.15) is 17.2 Å². The SMILES string of the molecule is COc1cc(Nc2nc3ccccc3nc2NS(=O)(=O)c2cccc(NC(=O)CNc3ccccc3OC)c2)cc(OC)c1. The Morgan fingerprint density at radius 2 is 1.39 bits per heavy atom. The number of carbonyl (C=O) groups is 1. The summed E-state index contributed by atoms with van der Waals surface area (Å²) in [5.74, 6) is 1.41. The van der Waals surface area contributed by atoms with Crippen molar-refractivity contribution in [2.24, 2.45) is 0 Å². The molecule has 0 saturated heterocycles. The molecule has 0 unspecified atom stereocenters. The number of methoxy groups -OCH3 is 3. The number of aromatic nitrogens is 2. The normalized spacial score (nSPS) is 11.0. The van der Waals surface area contributed by atoms with Crippen molar-refractivity contribution in [2.75, 3.05) is 48.5 Å². The van der Waals surface area contributed by atoms with Gasteiger partial charge in [-0.2, -0.15) is 0 Å². The largest absolute Gasteiger partial charge is 0.497 e. The van der Waals surface area contributed by atoms with Crippen molar-refractivity contribution >= 4 is 55.7 Å². The van der Waals surface area contributed by atoms with E-state index in [1.165, 1.54) is 32.4 Å². The predicted octanol–water partition coefficient (Wildman–Crippen LogP) is 5.25. The van der Waals surface area contributed by atoms with Crippen molar-refractivity contribution in [1.29, 1.82) is 0 Å². The lowest BCUT2D eigenvalue weighted by molar-refractivity contribution is -0.114. The zero-order valence-electron chi connectivity index (χ0n) is 24.1. The quantitative estimate of drug-likeness (QED) is 0.147. The van der Waals surface area contributed by atoms with Crippen LogP contribution in [0.25, 0.3) is 11.0 Å².